The first-order chi connectivity index (χ1) is 9.79. The van der Waals surface area contributed by atoms with E-state index in [4.69, 9.17) is 10.00 Å². The summed E-state index contributed by atoms with van der Waals surface area (Å²) in [5.74, 6) is 1.76. The van der Waals surface area contributed by atoms with Gasteiger partial charge in [-0.2, -0.15) is 17.0 Å². The molecular formula is C17H17NOS. The molecule has 0 aliphatic rings. The van der Waals surface area contributed by atoms with Gasteiger partial charge in [-0.3, -0.25) is 0 Å². The summed E-state index contributed by atoms with van der Waals surface area (Å²) < 4.78 is 5.66. The van der Waals surface area contributed by atoms with Crippen molar-refractivity contribution in [1.82, 2.24) is 0 Å². The van der Waals surface area contributed by atoms with Crippen molar-refractivity contribution in [3.05, 3.63) is 65.7 Å². The molecule has 0 spiro atoms. The number of hydrogen-bond donors (Lipinski definition) is 0. The zero-order valence-electron chi connectivity index (χ0n) is 11.5. The van der Waals surface area contributed by atoms with Crippen LogP contribution in [0.5, 0.6) is 5.75 Å². The minimum absolute atomic E-state index is 0.473. The lowest BCUT2D eigenvalue weighted by Gasteiger charge is -2.12. The molecule has 0 heterocycles. The molecule has 102 valence electrons. The van der Waals surface area contributed by atoms with Crippen LogP contribution in [0, 0.1) is 11.3 Å². The Balaban J connectivity index is 1.72. The van der Waals surface area contributed by atoms with Gasteiger partial charge in [0.1, 0.15) is 5.75 Å². The summed E-state index contributed by atoms with van der Waals surface area (Å²) in [4.78, 5) is 0. The molecule has 2 aromatic carbocycles. The Morgan fingerprint density at radius 1 is 1.10 bits per heavy atom. The predicted molar refractivity (Wildman–Crippen MR) is 84.0 cm³/mol. The Kier molecular flexibility index (Phi) is 5.52. The molecule has 0 N–H and O–H groups in total. The monoisotopic (exact) mass is 283 g/mol. The van der Waals surface area contributed by atoms with Crippen molar-refractivity contribution >= 4 is 11.8 Å². The Morgan fingerprint density at radius 2 is 1.80 bits per heavy atom. The summed E-state index contributed by atoms with van der Waals surface area (Å²) in [6.45, 7) is 2.88. The van der Waals surface area contributed by atoms with E-state index in [-0.39, 0.29) is 0 Å². The summed E-state index contributed by atoms with van der Waals surface area (Å²) >= 11 is 1.88. The van der Waals surface area contributed by atoms with E-state index in [1.54, 1.807) is 12.1 Å². The second-order valence-electron chi connectivity index (χ2n) is 4.41. The standard InChI is InChI=1S/C17H17NOS/c1-14(16-5-3-2-4-6-16)20-12-11-19-17-9-7-15(13-18)8-10-17/h2-10,14H,11-12H2,1H3. The van der Waals surface area contributed by atoms with Crippen molar-refractivity contribution in [1.29, 1.82) is 5.26 Å². The molecule has 0 bridgehead atoms. The summed E-state index contributed by atoms with van der Waals surface area (Å²) in [5, 5.41) is 9.19. The average molecular weight is 283 g/mol. The van der Waals surface area contributed by atoms with Crippen LogP contribution in [-0.2, 0) is 0 Å². The van der Waals surface area contributed by atoms with Crippen LogP contribution in [0.3, 0.4) is 0 Å². The Labute approximate surface area is 124 Å². The van der Waals surface area contributed by atoms with E-state index in [0.717, 1.165) is 11.5 Å². The molecule has 1 unspecified atom stereocenters. The van der Waals surface area contributed by atoms with Crippen molar-refractivity contribution in [3.63, 3.8) is 0 Å². The van der Waals surface area contributed by atoms with Gasteiger partial charge in [0.05, 0.1) is 18.2 Å². The number of rotatable bonds is 6. The van der Waals surface area contributed by atoms with Gasteiger partial charge in [0.25, 0.3) is 0 Å². The van der Waals surface area contributed by atoms with Crippen molar-refractivity contribution in [2.24, 2.45) is 0 Å². The Bertz CT molecular complexity index is 560. The molecule has 0 fully saturated rings. The highest BCUT2D eigenvalue weighted by atomic mass is 32.2. The largest absolute Gasteiger partial charge is 0.493 e. The van der Waals surface area contributed by atoms with E-state index in [1.165, 1.54) is 5.56 Å². The fraction of sp³-hybridized carbons (Fsp3) is 0.235. The molecule has 3 heteroatoms. The quantitative estimate of drug-likeness (QED) is 0.735. The highest BCUT2D eigenvalue weighted by Crippen LogP contribution is 2.27. The average Bonchev–Trinajstić information content (AvgIpc) is 2.53. The Hall–Kier alpha value is -1.92. The first kappa shape index (κ1) is 14.5. The lowest BCUT2D eigenvalue weighted by atomic mass is 10.2. The van der Waals surface area contributed by atoms with Gasteiger partial charge in [0, 0.05) is 11.0 Å². The molecule has 0 aliphatic carbocycles. The highest BCUT2D eigenvalue weighted by Gasteiger charge is 2.04. The van der Waals surface area contributed by atoms with Gasteiger partial charge in [-0.15, -0.1) is 0 Å². The second kappa shape index (κ2) is 7.62. The molecular weight excluding hydrogens is 266 g/mol. The summed E-state index contributed by atoms with van der Waals surface area (Å²) in [7, 11) is 0. The molecule has 1 atom stereocenters. The zero-order chi connectivity index (χ0) is 14.2. The summed E-state index contributed by atoms with van der Waals surface area (Å²) in [6, 6.07) is 19.8. The fourth-order valence-corrected chi connectivity index (χ4v) is 2.71. The summed E-state index contributed by atoms with van der Waals surface area (Å²) in [5.41, 5.74) is 2.00. The molecule has 2 rings (SSSR count). The lowest BCUT2D eigenvalue weighted by Crippen LogP contribution is -2.01. The minimum atomic E-state index is 0.473. The number of benzene rings is 2. The molecule has 0 saturated carbocycles. The molecule has 0 aliphatic heterocycles. The first-order valence-electron chi connectivity index (χ1n) is 6.59. The van der Waals surface area contributed by atoms with E-state index in [0.29, 0.717) is 17.4 Å². The lowest BCUT2D eigenvalue weighted by molar-refractivity contribution is 0.344. The van der Waals surface area contributed by atoms with Crippen LogP contribution in [0.15, 0.2) is 54.6 Å². The smallest absolute Gasteiger partial charge is 0.119 e. The number of ether oxygens (including phenoxy) is 1. The van der Waals surface area contributed by atoms with E-state index in [9.17, 15) is 0 Å². The van der Waals surface area contributed by atoms with Crippen LogP contribution < -0.4 is 4.74 Å². The third-order valence-electron chi connectivity index (χ3n) is 2.97. The maximum Gasteiger partial charge on any atom is 0.119 e. The number of nitrogens with zero attached hydrogens (tertiary/aromatic N) is 1. The molecule has 0 saturated heterocycles. The SMILES string of the molecule is CC(SCCOc1ccc(C#N)cc1)c1ccccc1. The van der Waals surface area contributed by atoms with Gasteiger partial charge < -0.3 is 4.74 Å². The van der Waals surface area contributed by atoms with Gasteiger partial charge in [-0.05, 0) is 36.8 Å². The van der Waals surface area contributed by atoms with Crippen LogP contribution >= 0.6 is 11.8 Å². The maximum atomic E-state index is 8.72. The first-order valence-corrected chi connectivity index (χ1v) is 7.64. The number of hydrogen-bond acceptors (Lipinski definition) is 3. The molecule has 0 radical (unpaired) electrons. The highest BCUT2D eigenvalue weighted by molar-refractivity contribution is 7.99. The predicted octanol–water partition coefficient (Wildman–Crippen LogP) is 4.43. The second-order valence-corrected chi connectivity index (χ2v) is 5.86. The minimum Gasteiger partial charge on any atom is -0.493 e. The van der Waals surface area contributed by atoms with E-state index < -0.39 is 0 Å². The molecule has 2 nitrogen and oxygen atoms in total. The van der Waals surface area contributed by atoms with Gasteiger partial charge >= 0.3 is 0 Å². The van der Waals surface area contributed by atoms with Crippen molar-refractivity contribution in [2.45, 2.75) is 12.2 Å². The van der Waals surface area contributed by atoms with Crippen molar-refractivity contribution in [3.8, 4) is 11.8 Å². The van der Waals surface area contributed by atoms with E-state index >= 15 is 0 Å². The van der Waals surface area contributed by atoms with Crippen LogP contribution in [0.25, 0.3) is 0 Å². The van der Waals surface area contributed by atoms with Crippen LogP contribution in [0.2, 0.25) is 0 Å². The van der Waals surface area contributed by atoms with Gasteiger partial charge in [-0.25, -0.2) is 0 Å². The van der Waals surface area contributed by atoms with Gasteiger partial charge in [-0.1, -0.05) is 30.3 Å². The number of thioether (sulfide) groups is 1. The summed E-state index contributed by atoms with van der Waals surface area (Å²) in [6.07, 6.45) is 0. The van der Waals surface area contributed by atoms with Crippen molar-refractivity contribution < 1.29 is 4.74 Å². The maximum absolute atomic E-state index is 8.72. The van der Waals surface area contributed by atoms with Crippen LogP contribution in [-0.4, -0.2) is 12.4 Å². The molecule has 0 aromatic heterocycles. The van der Waals surface area contributed by atoms with Gasteiger partial charge in [0.15, 0.2) is 0 Å². The van der Waals surface area contributed by atoms with Gasteiger partial charge in [0.2, 0.25) is 0 Å². The van der Waals surface area contributed by atoms with Crippen molar-refractivity contribution in [2.75, 3.05) is 12.4 Å². The topological polar surface area (TPSA) is 33.0 Å². The third kappa shape index (κ3) is 4.32. The fourth-order valence-electron chi connectivity index (χ4n) is 1.83. The molecule has 0 amide bonds. The number of nitriles is 1. The molecule has 2 aromatic rings. The van der Waals surface area contributed by atoms with E-state index in [1.807, 2.05) is 30.0 Å². The Morgan fingerprint density at radius 3 is 2.45 bits per heavy atom. The van der Waals surface area contributed by atoms with Crippen LogP contribution in [0.4, 0.5) is 0 Å². The third-order valence-corrected chi connectivity index (χ3v) is 4.15. The van der Waals surface area contributed by atoms with Crippen LogP contribution in [0.1, 0.15) is 23.3 Å². The normalized spacial score (nSPS) is 11.6. The molecule has 20 heavy (non-hydrogen) atoms. The van der Waals surface area contributed by atoms with E-state index in [2.05, 4.69) is 37.3 Å². The zero-order valence-corrected chi connectivity index (χ0v) is 12.3.